The Bertz CT molecular complexity index is 308. The van der Waals surface area contributed by atoms with Gasteiger partial charge in [0.05, 0.1) is 0 Å². The molecule has 0 aromatic rings. The van der Waals surface area contributed by atoms with Crippen LogP contribution < -0.4 is 11.2 Å². The van der Waals surface area contributed by atoms with Crippen molar-refractivity contribution in [3.05, 3.63) is 0 Å². The number of nitrogens with one attached hydrogen (secondary N) is 1. The normalized spacial score (nSPS) is 12.5. The minimum atomic E-state index is -1.20. The molecule has 0 heterocycles. The van der Waals surface area contributed by atoms with Crippen molar-refractivity contribution in [3.8, 4) is 0 Å². The summed E-state index contributed by atoms with van der Waals surface area (Å²) >= 11 is 0. The topological polar surface area (TPSA) is 108 Å². The van der Waals surface area contributed by atoms with Crippen LogP contribution in [0.4, 0.5) is 0 Å². The molecule has 7 nitrogen and oxygen atoms in total. The molecule has 0 bridgehead atoms. The minimum absolute atomic E-state index is 0.234. The zero-order valence-corrected chi connectivity index (χ0v) is 10.4. The first-order valence-electron chi connectivity index (χ1n) is 5.07. The average molecular weight is 246 g/mol. The van der Waals surface area contributed by atoms with Gasteiger partial charge in [-0.05, 0) is 20.8 Å². The van der Waals surface area contributed by atoms with Crippen molar-refractivity contribution in [1.82, 2.24) is 5.48 Å². The fraction of sp³-hybridized carbons (Fsp3) is 0.700. The summed E-state index contributed by atoms with van der Waals surface area (Å²) < 4.78 is 5.00. The van der Waals surface area contributed by atoms with Crippen molar-refractivity contribution in [2.45, 2.75) is 33.3 Å². The number of carbonyl (C=O) groups excluding carboxylic acids is 3. The second-order valence-electron chi connectivity index (χ2n) is 4.38. The third kappa shape index (κ3) is 6.52. The third-order valence-electron chi connectivity index (χ3n) is 1.54. The van der Waals surface area contributed by atoms with Crippen LogP contribution in [0.25, 0.3) is 0 Å². The minimum Gasteiger partial charge on any atom is -0.459 e. The highest BCUT2D eigenvalue weighted by Crippen LogP contribution is 2.11. The van der Waals surface area contributed by atoms with E-state index in [1.54, 1.807) is 20.8 Å². The van der Waals surface area contributed by atoms with Crippen LogP contribution in [0.15, 0.2) is 0 Å². The Morgan fingerprint density at radius 3 is 2.18 bits per heavy atom. The van der Waals surface area contributed by atoms with Gasteiger partial charge in [0, 0.05) is 13.5 Å². The molecule has 0 unspecified atom stereocenters. The molecule has 0 aromatic carbocycles. The SMILES string of the molecule is CC(=O)ONC(=O)[C@H](CN)C(=O)OC(C)(C)C. The Balaban J connectivity index is 4.45. The van der Waals surface area contributed by atoms with Crippen LogP contribution in [0.5, 0.6) is 0 Å². The van der Waals surface area contributed by atoms with Gasteiger partial charge in [-0.3, -0.25) is 14.4 Å². The Morgan fingerprint density at radius 1 is 1.29 bits per heavy atom. The van der Waals surface area contributed by atoms with Gasteiger partial charge in [0.1, 0.15) is 5.60 Å². The Kier molecular flexibility index (Phi) is 5.60. The summed E-state index contributed by atoms with van der Waals surface area (Å²) in [5.41, 5.74) is 6.41. The van der Waals surface area contributed by atoms with E-state index in [0.29, 0.717) is 0 Å². The van der Waals surface area contributed by atoms with E-state index >= 15 is 0 Å². The highest BCUT2D eigenvalue weighted by atomic mass is 16.7. The molecule has 1 atom stereocenters. The van der Waals surface area contributed by atoms with Crippen LogP contribution in [0, 0.1) is 5.92 Å². The highest BCUT2D eigenvalue weighted by Gasteiger charge is 2.30. The first-order chi connectivity index (χ1) is 7.67. The lowest BCUT2D eigenvalue weighted by Gasteiger charge is -2.22. The Morgan fingerprint density at radius 2 is 1.82 bits per heavy atom. The fourth-order valence-electron chi connectivity index (χ4n) is 0.876. The first-order valence-corrected chi connectivity index (χ1v) is 5.07. The summed E-state index contributed by atoms with van der Waals surface area (Å²) in [6.45, 7) is 5.89. The summed E-state index contributed by atoms with van der Waals surface area (Å²) in [4.78, 5) is 37.7. The molecule has 17 heavy (non-hydrogen) atoms. The number of esters is 1. The van der Waals surface area contributed by atoms with Gasteiger partial charge in [-0.25, -0.2) is 0 Å². The summed E-state index contributed by atoms with van der Waals surface area (Å²) in [6, 6.07) is 0. The third-order valence-corrected chi connectivity index (χ3v) is 1.54. The molecule has 0 fully saturated rings. The van der Waals surface area contributed by atoms with E-state index in [4.69, 9.17) is 10.5 Å². The number of hydroxylamine groups is 1. The molecule has 0 saturated heterocycles. The molecule has 0 aliphatic heterocycles. The van der Waals surface area contributed by atoms with Crippen LogP contribution in [0.3, 0.4) is 0 Å². The Labute approximate surface area is 99.6 Å². The number of carbonyl (C=O) groups is 3. The van der Waals surface area contributed by atoms with Crippen molar-refractivity contribution in [2.75, 3.05) is 6.54 Å². The van der Waals surface area contributed by atoms with Gasteiger partial charge in [-0.1, -0.05) is 0 Å². The van der Waals surface area contributed by atoms with Gasteiger partial charge in [-0.2, -0.15) is 5.48 Å². The highest BCUT2D eigenvalue weighted by molar-refractivity contribution is 5.98. The standard InChI is InChI=1S/C10H18N2O5/c1-6(13)17-12-8(14)7(5-11)9(15)16-10(2,3)4/h7H,5,11H2,1-4H3,(H,12,14)/t7-/m0/s1. The Hall–Kier alpha value is -1.63. The summed E-state index contributed by atoms with van der Waals surface area (Å²) in [6.07, 6.45) is 0. The van der Waals surface area contributed by atoms with E-state index in [0.717, 1.165) is 6.92 Å². The van der Waals surface area contributed by atoms with Crippen molar-refractivity contribution in [2.24, 2.45) is 11.7 Å². The summed E-state index contributed by atoms with van der Waals surface area (Å²) in [7, 11) is 0. The number of ether oxygens (including phenoxy) is 1. The lowest BCUT2D eigenvalue weighted by atomic mass is 10.1. The second kappa shape index (κ2) is 6.19. The maximum atomic E-state index is 11.6. The molecule has 98 valence electrons. The van der Waals surface area contributed by atoms with Crippen molar-refractivity contribution in [1.29, 1.82) is 0 Å². The number of amides is 1. The molecule has 0 aliphatic carbocycles. The largest absolute Gasteiger partial charge is 0.459 e. The van der Waals surface area contributed by atoms with Crippen LogP contribution in [0.2, 0.25) is 0 Å². The molecule has 3 N–H and O–H groups in total. The maximum Gasteiger partial charge on any atom is 0.329 e. The molecule has 0 spiro atoms. The predicted octanol–water partition coefficient (Wildman–Crippen LogP) is -0.503. The van der Waals surface area contributed by atoms with E-state index < -0.39 is 29.4 Å². The smallest absolute Gasteiger partial charge is 0.329 e. The molecular weight excluding hydrogens is 228 g/mol. The average Bonchev–Trinajstić information content (AvgIpc) is 2.12. The molecular formula is C10H18N2O5. The van der Waals surface area contributed by atoms with Crippen LogP contribution in [-0.4, -0.2) is 30.0 Å². The number of rotatable bonds is 3. The lowest BCUT2D eigenvalue weighted by molar-refractivity contribution is -0.168. The monoisotopic (exact) mass is 246 g/mol. The molecule has 1 amide bonds. The zero-order chi connectivity index (χ0) is 13.6. The number of nitrogens with two attached hydrogens (primary N) is 1. The quantitative estimate of drug-likeness (QED) is 0.395. The molecule has 0 radical (unpaired) electrons. The van der Waals surface area contributed by atoms with E-state index in [9.17, 15) is 14.4 Å². The van der Waals surface area contributed by atoms with E-state index in [2.05, 4.69) is 4.84 Å². The van der Waals surface area contributed by atoms with Gasteiger partial charge in [0.25, 0.3) is 5.91 Å². The second-order valence-corrected chi connectivity index (χ2v) is 4.38. The fourth-order valence-corrected chi connectivity index (χ4v) is 0.876. The van der Waals surface area contributed by atoms with Crippen molar-refractivity contribution >= 4 is 17.8 Å². The maximum absolute atomic E-state index is 11.6. The number of hydrogen-bond acceptors (Lipinski definition) is 6. The molecule has 0 aliphatic rings. The van der Waals surface area contributed by atoms with Crippen molar-refractivity contribution < 1.29 is 24.0 Å². The number of hydrogen-bond donors (Lipinski definition) is 2. The first kappa shape index (κ1) is 15.4. The van der Waals surface area contributed by atoms with Crippen LogP contribution >= 0.6 is 0 Å². The van der Waals surface area contributed by atoms with Crippen LogP contribution in [-0.2, 0) is 24.0 Å². The molecule has 7 heteroatoms. The zero-order valence-electron chi connectivity index (χ0n) is 10.4. The summed E-state index contributed by atoms with van der Waals surface area (Å²) in [5, 5.41) is 0. The predicted molar refractivity (Wildman–Crippen MR) is 58.3 cm³/mol. The summed E-state index contributed by atoms with van der Waals surface area (Å²) in [5.74, 6) is -3.46. The molecule has 0 aromatic heterocycles. The van der Waals surface area contributed by atoms with Gasteiger partial charge in [0.2, 0.25) is 0 Å². The van der Waals surface area contributed by atoms with E-state index in [1.807, 2.05) is 5.48 Å². The van der Waals surface area contributed by atoms with Gasteiger partial charge in [-0.15, -0.1) is 0 Å². The van der Waals surface area contributed by atoms with Crippen LogP contribution in [0.1, 0.15) is 27.7 Å². The van der Waals surface area contributed by atoms with E-state index in [1.165, 1.54) is 0 Å². The van der Waals surface area contributed by atoms with E-state index in [-0.39, 0.29) is 6.54 Å². The lowest BCUT2D eigenvalue weighted by Crippen LogP contribution is -2.43. The van der Waals surface area contributed by atoms with Gasteiger partial charge in [0.15, 0.2) is 5.92 Å². The molecule has 0 rings (SSSR count). The van der Waals surface area contributed by atoms with Gasteiger partial charge >= 0.3 is 11.9 Å². The molecule has 0 saturated carbocycles. The van der Waals surface area contributed by atoms with Gasteiger partial charge < -0.3 is 15.3 Å². The van der Waals surface area contributed by atoms with Crippen molar-refractivity contribution in [3.63, 3.8) is 0 Å².